The lowest BCUT2D eigenvalue weighted by Gasteiger charge is -2.20. The number of hydrogen-bond acceptors (Lipinski definition) is 2. The molecule has 0 aliphatic heterocycles. The standard InChI is InChI=1S/C17H20BrF2N5.HI/c1-21-16(23-10-14-22-8-9-25(14)15(19)20)24-11-17(6-7-17)12-4-2-3-5-13(12)18;/h2-5,8-9,15H,6-7,10-11H2,1H3,(H2,21,23,24);1H. The van der Waals surface area contributed by atoms with Gasteiger partial charge in [-0.1, -0.05) is 34.1 Å². The zero-order valence-corrected chi connectivity index (χ0v) is 18.2. The van der Waals surface area contributed by atoms with Crippen molar-refractivity contribution in [1.82, 2.24) is 20.2 Å². The van der Waals surface area contributed by atoms with E-state index in [9.17, 15) is 8.78 Å². The van der Waals surface area contributed by atoms with E-state index in [4.69, 9.17) is 0 Å². The Morgan fingerprint density at radius 2 is 2.08 bits per heavy atom. The Bertz CT molecular complexity index is 761. The molecule has 3 rings (SSSR count). The highest BCUT2D eigenvalue weighted by molar-refractivity contribution is 14.0. The highest BCUT2D eigenvalue weighted by Gasteiger charge is 2.45. The summed E-state index contributed by atoms with van der Waals surface area (Å²) in [5, 5.41) is 6.35. The van der Waals surface area contributed by atoms with Gasteiger partial charge >= 0.3 is 6.55 Å². The molecule has 0 spiro atoms. The smallest absolute Gasteiger partial charge is 0.319 e. The molecule has 9 heteroatoms. The summed E-state index contributed by atoms with van der Waals surface area (Å²) in [5.41, 5.74) is 1.38. The maximum absolute atomic E-state index is 12.9. The van der Waals surface area contributed by atoms with Crippen LogP contribution in [0.4, 0.5) is 8.78 Å². The van der Waals surface area contributed by atoms with Crippen molar-refractivity contribution >= 4 is 45.9 Å². The van der Waals surface area contributed by atoms with Crippen molar-refractivity contribution < 1.29 is 8.78 Å². The normalized spacial score (nSPS) is 15.5. The van der Waals surface area contributed by atoms with Crippen LogP contribution in [0.3, 0.4) is 0 Å². The van der Waals surface area contributed by atoms with Crippen LogP contribution in [0.25, 0.3) is 0 Å². The highest BCUT2D eigenvalue weighted by atomic mass is 127. The van der Waals surface area contributed by atoms with Crippen LogP contribution in [-0.2, 0) is 12.0 Å². The average Bonchev–Trinajstić information content (AvgIpc) is 3.23. The molecule has 1 aromatic heterocycles. The first-order chi connectivity index (χ1) is 12.1. The van der Waals surface area contributed by atoms with Crippen molar-refractivity contribution in [2.24, 2.45) is 4.99 Å². The first-order valence-electron chi connectivity index (χ1n) is 8.05. The van der Waals surface area contributed by atoms with Gasteiger partial charge < -0.3 is 10.6 Å². The van der Waals surface area contributed by atoms with E-state index in [0.29, 0.717) is 5.96 Å². The fourth-order valence-electron chi connectivity index (χ4n) is 2.88. The van der Waals surface area contributed by atoms with Crippen LogP contribution in [0.1, 0.15) is 30.8 Å². The molecule has 1 aliphatic rings. The quantitative estimate of drug-likeness (QED) is 0.331. The Morgan fingerprint density at radius 1 is 1.35 bits per heavy atom. The third-order valence-electron chi connectivity index (χ3n) is 4.49. The molecule has 1 aromatic carbocycles. The Balaban J connectivity index is 0.00000243. The number of aromatic nitrogens is 2. The minimum atomic E-state index is -2.60. The Hall–Kier alpha value is -1.23. The maximum atomic E-state index is 12.9. The van der Waals surface area contributed by atoms with Crippen LogP contribution in [0.15, 0.2) is 46.1 Å². The molecule has 26 heavy (non-hydrogen) atoms. The lowest BCUT2D eigenvalue weighted by molar-refractivity contribution is 0.0668. The summed E-state index contributed by atoms with van der Waals surface area (Å²) in [6.45, 7) is -1.68. The van der Waals surface area contributed by atoms with E-state index < -0.39 is 6.55 Å². The summed E-state index contributed by atoms with van der Waals surface area (Å²) in [5.74, 6) is 0.840. The molecule has 142 valence electrons. The third-order valence-corrected chi connectivity index (χ3v) is 5.18. The van der Waals surface area contributed by atoms with Gasteiger partial charge in [0.05, 0.1) is 6.54 Å². The van der Waals surface area contributed by atoms with Crippen molar-refractivity contribution in [3.05, 3.63) is 52.5 Å². The number of aliphatic imine (C=N–C) groups is 1. The summed E-state index contributed by atoms with van der Waals surface area (Å²) in [7, 11) is 1.66. The number of guanidine groups is 1. The van der Waals surface area contributed by atoms with Crippen LogP contribution >= 0.6 is 39.9 Å². The Labute approximate surface area is 176 Å². The van der Waals surface area contributed by atoms with Crippen molar-refractivity contribution in [2.75, 3.05) is 13.6 Å². The number of hydrogen-bond donors (Lipinski definition) is 2. The highest BCUT2D eigenvalue weighted by Crippen LogP contribution is 2.49. The van der Waals surface area contributed by atoms with Crippen LogP contribution in [-0.4, -0.2) is 29.1 Å². The molecule has 2 aromatic rings. The summed E-state index contributed by atoms with van der Waals surface area (Å²) in [6.07, 6.45) is 4.85. The SMILES string of the molecule is CN=C(NCc1nccn1C(F)F)NCC1(c2ccccc2Br)CC1.I. The molecule has 0 atom stereocenters. The van der Waals surface area contributed by atoms with Gasteiger partial charge in [-0.25, -0.2) is 4.98 Å². The van der Waals surface area contributed by atoms with Crippen LogP contribution in [0, 0.1) is 0 Å². The first kappa shape index (κ1) is 21.1. The zero-order chi connectivity index (χ0) is 17.9. The molecule has 2 N–H and O–H groups in total. The van der Waals surface area contributed by atoms with Gasteiger partial charge in [0.1, 0.15) is 5.82 Å². The van der Waals surface area contributed by atoms with E-state index >= 15 is 0 Å². The van der Waals surface area contributed by atoms with Crippen molar-refractivity contribution in [3.63, 3.8) is 0 Å². The molecule has 0 bridgehead atoms. The topological polar surface area (TPSA) is 54.2 Å². The lowest BCUT2D eigenvalue weighted by Crippen LogP contribution is -2.41. The predicted molar refractivity (Wildman–Crippen MR) is 112 cm³/mol. The van der Waals surface area contributed by atoms with Gasteiger partial charge in [0, 0.05) is 35.9 Å². The molecule has 1 fully saturated rings. The number of alkyl halides is 2. The largest absolute Gasteiger partial charge is 0.356 e. The first-order valence-corrected chi connectivity index (χ1v) is 8.84. The molecule has 0 amide bonds. The van der Waals surface area contributed by atoms with Crippen molar-refractivity contribution in [3.8, 4) is 0 Å². The monoisotopic (exact) mass is 539 g/mol. The summed E-state index contributed by atoms with van der Waals surface area (Å²) in [6, 6.07) is 8.22. The van der Waals surface area contributed by atoms with Gasteiger partial charge in [-0.05, 0) is 24.5 Å². The zero-order valence-electron chi connectivity index (χ0n) is 14.3. The van der Waals surface area contributed by atoms with E-state index in [2.05, 4.69) is 42.6 Å². The molecule has 1 heterocycles. The van der Waals surface area contributed by atoms with Gasteiger partial charge in [0.25, 0.3) is 0 Å². The van der Waals surface area contributed by atoms with E-state index in [1.54, 1.807) is 7.05 Å². The molecule has 0 unspecified atom stereocenters. The number of nitrogens with one attached hydrogen (secondary N) is 2. The van der Waals surface area contributed by atoms with Crippen molar-refractivity contribution in [2.45, 2.75) is 31.4 Å². The molecular formula is C17H21BrF2IN5. The van der Waals surface area contributed by atoms with Crippen molar-refractivity contribution in [1.29, 1.82) is 0 Å². The number of benzene rings is 1. The molecular weight excluding hydrogens is 519 g/mol. The van der Waals surface area contributed by atoms with Gasteiger partial charge in [-0.3, -0.25) is 9.56 Å². The summed E-state index contributed by atoms with van der Waals surface area (Å²) >= 11 is 3.62. The third kappa shape index (κ3) is 4.73. The fourth-order valence-corrected chi connectivity index (χ4v) is 3.58. The molecule has 1 aliphatic carbocycles. The van der Waals surface area contributed by atoms with E-state index in [1.165, 1.54) is 18.0 Å². The van der Waals surface area contributed by atoms with Crippen LogP contribution in [0.5, 0.6) is 0 Å². The Kier molecular flexibility index (Phi) is 7.39. The second-order valence-electron chi connectivity index (χ2n) is 6.07. The van der Waals surface area contributed by atoms with Gasteiger partial charge in [0.2, 0.25) is 0 Å². The summed E-state index contributed by atoms with van der Waals surface area (Å²) in [4.78, 5) is 8.12. The van der Waals surface area contributed by atoms with Gasteiger partial charge in [0.15, 0.2) is 5.96 Å². The molecule has 0 saturated heterocycles. The number of imidazole rings is 1. The molecule has 0 radical (unpaired) electrons. The van der Waals surface area contributed by atoms with Crippen LogP contribution in [0.2, 0.25) is 0 Å². The minimum absolute atomic E-state index is 0. The molecule has 5 nitrogen and oxygen atoms in total. The Morgan fingerprint density at radius 3 is 2.69 bits per heavy atom. The second kappa shape index (κ2) is 9.12. The maximum Gasteiger partial charge on any atom is 0.319 e. The van der Waals surface area contributed by atoms with E-state index in [-0.39, 0.29) is 41.8 Å². The summed E-state index contributed by atoms with van der Waals surface area (Å²) < 4.78 is 27.6. The number of rotatable bonds is 6. The lowest BCUT2D eigenvalue weighted by atomic mass is 9.96. The van der Waals surface area contributed by atoms with E-state index in [1.807, 2.05) is 18.2 Å². The number of halogens is 4. The predicted octanol–water partition coefficient (Wildman–Crippen LogP) is 4.06. The number of nitrogens with zero attached hydrogens (tertiary/aromatic N) is 3. The second-order valence-corrected chi connectivity index (χ2v) is 6.92. The van der Waals surface area contributed by atoms with Gasteiger partial charge in [-0.15, -0.1) is 24.0 Å². The minimum Gasteiger partial charge on any atom is -0.356 e. The van der Waals surface area contributed by atoms with Gasteiger partial charge in [-0.2, -0.15) is 8.78 Å². The van der Waals surface area contributed by atoms with Crippen LogP contribution < -0.4 is 10.6 Å². The fraction of sp³-hybridized carbons (Fsp3) is 0.412. The average molecular weight is 540 g/mol. The molecule has 1 saturated carbocycles. The van der Waals surface area contributed by atoms with E-state index in [0.717, 1.165) is 28.4 Å².